The van der Waals surface area contributed by atoms with Crippen molar-refractivity contribution in [2.24, 2.45) is 0 Å². The number of anilines is 2. The summed E-state index contributed by atoms with van der Waals surface area (Å²) in [5.74, 6) is -0.115. The molecule has 0 spiro atoms. The van der Waals surface area contributed by atoms with E-state index in [0.29, 0.717) is 24.8 Å². The largest absolute Gasteiger partial charge is 0.472 e. The summed E-state index contributed by atoms with van der Waals surface area (Å²) in [7, 11) is 0. The zero-order valence-corrected chi connectivity index (χ0v) is 18.5. The lowest BCUT2D eigenvalue weighted by Crippen LogP contribution is -2.44. The van der Waals surface area contributed by atoms with E-state index in [-0.39, 0.29) is 16.9 Å². The lowest BCUT2D eigenvalue weighted by molar-refractivity contribution is -0.137. The lowest BCUT2D eigenvalue weighted by Gasteiger charge is -2.29. The molecule has 3 heterocycles. The van der Waals surface area contributed by atoms with Crippen molar-refractivity contribution >= 4 is 34.6 Å². The summed E-state index contributed by atoms with van der Waals surface area (Å²) in [6, 6.07) is 7.93. The van der Waals surface area contributed by atoms with Crippen molar-refractivity contribution in [3.63, 3.8) is 0 Å². The summed E-state index contributed by atoms with van der Waals surface area (Å²) in [6.07, 6.45) is -2.58. The van der Waals surface area contributed by atoms with Gasteiger partial charge in [0.2, 0.25) is 5.88 Å². The Bertz CT molecular complexity index is 1140. The van der Waals surface area contributed by atoms with Gasteiger partial charge in [-0.15, -0.1) is 0 Å². The van der Waals surface area contributed by atoms with Crippen molar-refractivity contribution < 1.29 is 27.4 Å². The van der Waals surface area contributed by atoms with E-state index in [1.165, 1.54) is 23.2 Å². The highest BCUT2D eigenvalue weighted by atomic mass is 32.1. The van der Waals surface area contributed by atoms with Gasteiger partial charge in [0.15, 0.2) is 5.11 Å². The molecule has 11 heteroatoms. The number of ether oxygens (including phenoxy) is 2. The number of hydrogen-bond acceptors (Lipinski definition) is 6. The number of nitriles is 1. The number of amides is 1. The minimum atomic E-state index is -4.76. The minimum absolute atomic E-state index is 0.00231. The van der Waals surface area contributed by atoms with Crippen LogP contribution in [-0.4, -0.2) is 40.9 Å². The second kappa shape index (κ2) is 8.28. The van der Waals surface area contributed by atoms with Gasteiger partial charge in [0.05, 0.1) is 48.0 Å². The lowest BCUT2D eigenvalue weighted by atomic mass is 10.0. The minimum Gasteiger partial charge on any atom is -0.472 e. The van der Waals surface area contributed by atoms with Crippen LogP contribution in [0.15, 0.2) is 36.5 Å². The van der Waals surface area contributed by atoms with Crippen molar-refractivity contribution in [1.29, 1.82) is 5.26 Å². The first kappa shape index (κ1) is 22.9. The zero-order chi connectivity index (χ0) is 24.0. The fraction of sp³-hybridized carbons (Fsp3) is 0.364. The molecule has 4 rings (SSSR count). The van der Waals surface area contributed by atoms with E-state index >= 15 is 0 Å². The van der Waals surface area contributed by atoms with Crippen LogP contribution in [0.2, 0.25) is 0 Å². The fourth-order valence-corrected chi connectivity index (χ4v) is 4.33. The Hall–Kier alpha value is -3.23. The van der Waals surface area contributed by atoms with Gasteiger partial charge < -0.3 is 14.4 Å². The molecular weight excluding hydrogens is 457 g/mol. The van der Waals surface area contributed by atoms with Gasteiger partial charge in [-0.25, -0.2) is 4.98 Å². The molecule has 2 aromatic rings. The molecule has 0 N–H and O–H groups in total. The van der Waals surface area contributed by atoms with E-state index in [1.807, 2.05) is 0 Å². The predicted molar refractivity (Wildman–Crippen MR) is 117 cm³/mol. The highest BCUT2D eigenvalue weighted by Crippen LogP contribution is 2.39. The number of aromatic nitrogens is 1. The first-order chi connectivity index (χ1) is 15.5. The molecule has 1 amide bonds. The van der Waals surface area contributed by atoms with Crippen molar-refractivity contribution in [1.82, 2.24) is 4.98 Å². The number of nitrogens with zero attached hydrogens (tertiary/aromatic N) is 4. The number of thiocarbonyl (C=S) groups is 1. The van der Waals surface area contributed by atoms with Crippen LogP contribution in [0.25, 0.3) is 0 Å². The molecule has 2 aliphatic rings. The molecule has 2 aliphatic heterocycles. The molecule has 1 aromatic carbocycles. The number of carbonyl (C=O) groups excluding carboxylic acids is 1. The number of halogens is 3. The van der Waals surface area contributed by atoms with Gasteiger partial charge in [0.1, 0.15) is 11.6 Å². The Morgan fingerprint density at radius 3 is 2.58 bits per heavy atom. The summed E-state index contributed by atoms with van der Waals surface area (Å²) in [5.41, 5.74) is -2.44. The maximum absolute atomic E-state index is 13.4. The zero-order valence-electron chi connectivity index (χ0n) is 17.7. The van der Waals surface area contributed by atoms with Gasteiger partial charge in [0, 0.05) is 12.5 Å². The van der Waals surface area contributed by atoms with Crippen molar-refractivity contribution in [3.05, 3.63) is 47.7 Å². The van der Waals surface area contributed by atoms with Crippen molar-refractivity contribution in [2.45, 2.75) is 38.1 Å². The molecule has 33 heavy (non-hydrogen) atoms. The summed E-state index contributed by atoms with van der Waals surface area (Å²) >= 11 is 5.51. The van der Waals surface area contributed by atoms with Gasteiger partial charge >= 0.3 is 6.18 Å². The van der Waals surface area contributed by atoms with Crippen LogP contribution in [0.4, 0.5) is 24.5 Å². The third-order valence-electron chi connectivity index (χ3n) is 5.51. The second-order valence-electron chi connectivity index (χ2n) is 8.12. The molecule has 172 valence electrons. The van der Waals surface area contributed by atoms with E-state index in [2.05, 4.69) is 4.98 Å². The monoisotopic (exact) mass is 476 g/mol. The van der Waals surface area contributed by atoms with Crippen LogP contribution in [0, 0.1) is 11.3 Å². The number of alkyl halides is 3. The first-order valence-electron chi connectivity index (χ1n) is 10.0. The molecule has 1 atom stereocenters. The molecule has 7 nitrogen and oxygen atoms in total. The van der Waals surface area contributed by atoms with Crippen molar-refractivity contribution in [2.75, 3.05) is 23.0 Å². The fourth-order valence-electron chi connectivity index (χ4n) is 3.81. The maximum atomic E-state index is 13.4. The summed E-state index contributed by atoms with van der Waals surface area (Å²) < 4.78 is 51.4. The number of benzene rings is 1. The Kier molecular flexibility index (Phi) is 5.76. The number of hydrogen-bond donors (Lipinski definition) is 0. The SMILES string of the molecule is CC1(C)C(=O)N(c2ccc(C#N)c(C(F)(F)F)c2)C(=S)N1c1ccc(OC2CCOC2)nc1. The van der Waals surface area contributed by atoms with E-state index < -0.39 is 28.7 Å². The highest BCUT2D eigenvalue weighted by Gasteiger charge is 2.50. The van der Waals surface area contributed by atoms with Gasteiger partial charge in [-0.3, -0.25) is 9.69 Å². The van der Waals surface area contributed by atoms with Gasteiger partial charge in [-0.05, 0) is 50.3 Å². The molecule has 1 unspecified atom stereocenters. The summed E-state index contributed by atoms with van der Waals surface area (Å²) in [4.78, 5) is 20.1. The average Bonchev–Trinajstić information content (AvgIpc) is 3.33. The van der Waals surface area contributed by atoms with Crippen LogP contribution >= 0.6 is 12.2 Å². The first-order valence-corrected chi connectivity index (χ1v) is 10.5. The number of pyridine rings is 1. The quantitative estimate of drug-likeness (QED) is 0.616. The molecule has 2 fully saturated rings. The molecule has 0 saturated carbocycles. The Balaban J connectivity index is 1.66. The third kappa shape index (κ3) is 4.12. The van der Waals surface area contributed by atoms with Gasteiger partial charge in [-0.1, -0.05) is 0 Å². The summed E-state index contributed by atoms with van der Waals surface area (Å²) in [6.45, 7) is 4.36. The second-order valence-corrected chi connectivity index (χ2v) is 8.48. The smallest absolute Gasteiger partial charge is 0.417 e. The predicted octanol–water partition coefficient (Wildman–Crippen LogP) is 4.06. The van der Waals surface area contributed by atoms with Crippen LogP contribution in [0.3, 0.4) is 0 Å². The normalized spacial score (nSPS) is 20.3. The standard InChI is InChI=1S/C22H19F3N4O3S/c1-21(2)19(30)28(14-4-3-13(10-26)17(9-14)22(23,24)25)20(33)29(21)15-5-6-18(27-11-15)32-16-7-8-31-12-16/h3-6,9,11,16H,7-8,12H2,1-2H3. The van der Waals surface area contributed by atoms with Gasteiger partial charge in [0.25, 0.3) is 5.91 Å². The van der Waals surface area contributed by atoms with Crippen molar-refractivity contribution in [3.8, 4) is 11.9 Å². The van der Waals surface area contributed by atoms with E-state index in [4.69, 9.17) is 27.0 Å². The van der Waals surface area contributed by atoms with Crippen LogP contribution in [0.5, 0.6) is 5.88 Å². The van der Waals surface area contributed by atoms with Crippen LogP contribution in [-0.2, 0) is 15.7 Å². The molecule has 0 radical (unpaired) electrons. The van der Waals surface area contributed by atoms with E-state index in [9.17, 15) is 18.0 Å². The molecule has 0 bridgehead atoms. The van der Waals surface area contributed by atoms with Crippen LogP contribution in [0.1, 0.15) is 31.4 Å². The molecule has 1 aromatic heterocycles. The number of rotatable bonds is 4. The molecule has 0 aliphatic carbocycles. The van der Waals surface area contributed by atoms with Gasteiger partial charge in [-0.2, -0.15) is 18.4 Å². The number of carbonyl (C=O) groups is 1. The third-order valence-corrected chi connectivity index (χ3v) is 5.87. The van der Waals surface area contributed by atoms with E-state index in [0.717, 1.165) is 23.5 Å². The van der Waals surface area contributed by atoms with E-state index in [1.54, 1.807) is 26.0 Å². The van der Waals surface area contributed by atoms with Crippen LogP contribution < -0.4 is 14.5 Å². The maximum Gasteiger partial charge on any atom is 0.417 e. The Morgan fingerprint density at radius 2 is 2.00 bits per heavy atom. The highest BCUT2D eigenvalue weighted by molar-refractivity contribution is 7.81. The summed E-state index contributed by atoms with van der Waals surface area (Å²) in [5, 5.41) is 9.04. The Labute approximate surface area is 193 Å². The molecule has 2 saturated heterocycles. The Morgan fingerprint density at radius 1 is 1.27 bits per heavy atom. The topological polar surface area (TPSA) is 78.7 Å². The average molecular weight is 476 g/mol. The molecular formula is C22H19F3N4O3S.